The Morgan fingerprint density at radius 3 is 2.29 bits per heavy atom. The van der Waals surface area contributed by atoms with Gasteiger partial charge in [-0.3, -0.25) is 9.79 Å². The Morgan fingerprint density at radius 1 is 1.00 bits per heavy atom. The molecule has 0 bridgehead atoms. The molecule has 1 aliphatic rings. The standard InChI is InChI=1S/C16H11Cl2NO2/c17-12-7-9(8-13(18)16(12)21)19-14-5-6-15(20)11-4-2-1-3-10(11)14/h1-4,7-8,21H,5-6H2. The fraction of sp³-hybridized carbons (Fsp3) is 0.125. The molecular weight excluding hydrogens is 309 g/mol. The molecule has 1 aliphatic carbocycles. The summed E-state index contributed by atoms with van der Waals surface area (Å²) in [6.07, 6.45) is 1.02. The van der Waals surface area contributed by atoms with E-state index < -0.39 is 0 Å². The number of rotatable bonds is 1. The molecule has 0 atom stereocenters. The average molecular weight is 320 g/mol. The van der Waals surface area contributed by atoms with Crippen LogP contribution in [0.2, 0.25) is 10.0 Å². The molecule has 5 heteroatoms. The molecule has 0 saturated carbocycles. The Morgan fingerprint density at radius 2 is 1.62 bits per heavy atom. The second-order valence-electron chi connectivity index (χ2n) is 4.79. The second kappa shape index (κ2) is 5.51. The van der Waals surface area contributed by atoms with Gasteiger partial charge in [0.2, 0.25) is 0 Å². The molecule has 0 radical (unpaired) electrons. The molecule has 0 unspecified atom stereocenters. The van der Waals surface area contributed by atoms with Crippen molar-refractivity contribution in [1.29, 1.82) is 0 Å². The lowest BCUT2D eigenvalue weighted by atomic mass is 9.89. The Bertz CT molecular complexity index is 746. The highest BCUT2D eigenvalue weighted by Crippen LogP contribution is 2.36. The van der Waals surface area contributed by atoms with Crippen LogP contribution < -0.4 is 0 Å². The first-order valence-electron chi connectivity index (χ1n) is 6.44. The molecular formula is C16H11Cl2NO2. The summed E-state index contributed by atoms with van der Waals surface area (Å²) in [5, 5.41) is 9.88. The van der Waals surface area contributed by atoms with Gasteiger partial charge in [0.05, 0.1) is 15.7 Å². The minimum atomic E-state index is -0.151. The van der Waals surface area contributed by atoms with Crippen molar-refractivity contribution in [3.8, 4) is 5.75 Å². The molecule has 3 nitrogen and oxygen atoms in total. The number of aromatic hydroxyl groups is 1. The van der Waals surface area contributed by atoms with Gasteiger partial charge < -0.3 is 5.11 Å². The summed E-state index contributed by atoms with van der Waals surface area (Å²) < 4.78 is 0. The summed E-state index contributed by atoms with van der Waals surface area (Å²) >= 11 is 11.8. The zero-order valence-electron chi connectivity index (χ0n) is 10.9. The van der Waals surface area contributed by atoms with E-state index in [-0.39, 0.29) is 21.6 Å². The molecule has 1 N–H and O–H groups in total. The Labute approximate surface area is 131 Å². The van der Waals surface area contributed by atoms with Gasteiger partial charge in [0.1, 0.15) is 0 Å². The van der Waals surface area contributed by atoms with Crippen molar-refractivity contribution in [2.45, 2.75) is 12.8 Å². The molecule has 0 amide bonds. The van der Waals surface area contributed by atoms with Crippen LogP contribution in [0.5, 0.6) is 5.75 Å². The fourth-order valence-corrected chi connectivity index (χ4v) is 2.84. The molecule has 3 rings (SSSR count). The van der Waals surface area contributed by atoms with Gasteiger partial charge in [-0.05, 0) is 18.6 Å². The predicted octanol–water partition coefficient (Wildman–Crippen LogP) is 4.80. The topological polar surface area (TPSA) is 49.7 Å². The summed E-state index contributed by atoms with van der Waals surface area (Å²) in [5.41, 5.74) is 2.91. The highest BCUT2D eigenvalue weighted by molar-refractivity contribution is 6.37. The normalized spacial score (nSPS) is 16.1. The lowest BCUT2D eigenvalue weighted by Gasteiger charge is -2.16. The largest absolute Gasteiger partial charge is 0.505 e. The summed E-state index contributed by atoms with van der Waals surface area (Å²) in [6, 6.07) is 10.5. The minimum absolute atomic E-state index is 0.131. The smallest absolute Gasteiger partial charge is 0.163 e. The summed E-state index contributed by atoms with van der Waals surface area (Å²) in [7, 11) is 0. The molecule has 106 valence electrons. The van der Waals surface area contributed by atoms with E-state index in [4.69, 9.17) is 23.2 Å². The van der Waals surface area contributed by atoms with Crippen LogP contribution in [0.1, 0.15) is 28.8 Å². The molecule has 0 heterocycles. The van der Waals surface area contributed by atoms with Gasteiger partial charge in [-0.15, -0.1) is 0 Å². The SMILES string of the molecule is O=C1CCC(=Nc2cc(Cl)c(O)c(Cl)c2)c2ccccc21. The van der Waals surface area contributed by atoms with Crippen LogP contribution in [-0.4, -0.2) is 16.6 Å². The third-order valence-electron chi connectivity index (χ3n) is 3.39. The van der Waals surface area contributed by atoms with E-state index in [0.717, 1.165) is 11.3 Å². The number of fused-ring (bicyclic) bond motifs is 1. The van der Waals surface area contributed by atoms with Crippen molar-refractivity contribution in [3.63, 3.8) is 0 Å². The third kappa shape index (κ3) is 2.67. The maximum Gasteiger partial charge on any atom is 0.163 e. The van der Waals surface area contributed by atoms with Crippen molar-refractivity contribution < 1.29 is 9.90 Å². The van der Waals surface area contributed by atoms with E-state index in [1.807, 2.05) is 24.3 Å². The molecule has 2 aromatic carbocycles. The molecule has 2 aromatic rings. The summed E-state index contributed by atoms with van der Waals surface area (Å²) in [6.45, 7) is 0. The van der Waals surface area contributed by atoms with Crippen LogP contribution in [0.15, 0.2) is 41.4 Å². The van der Waals surface area contributed by atoms with Gasteiger partial charge in [0.15, 0.2) is 11.5 Å². The first-order chi connectivity index (χ1) is 10.1. The van der Waals surface area contributed by atoms with E-state index in [1.165, 1.54) is 0 Å². The highest BCUT2D eigenvalue weighted by atomic mass is 35.5. The van der Waals surface area contributed by atoms with Crippen molar-refractivity contribution in [1.82, 2.24) is 0 Å². The number of hydrogen-bond acceptors (Lipinski definition) is 3. The third-order valence-corrected chi connectivity index (χ3v) is 3.97. The van der Waals surface area contributed by atoms with Crippen molar-refractivity contribution in [2.24, 2.45) is 4.99 Å². The zero-order chi connectivity index (χ0) is 15.0. The number of phenols is 1. The van der Waals surface area contributed by atoms with E-state index >= 15 is 0 Å². The molecule has 0 spiro atoms. The number of carbonyl (C=O) groups is 1. The van der Waals surface area contributed by atoms with Crippen LogP contribution in [0.4, 0.5) is 5.69 Å². The monoisotopic (exact) mass is 319 g/mol. The molecule has 0 fully saturated rings. The number of hydrogen-bond donors (Lipinski definition) is 1. The van der Waals surface area contributed by atoms with Gasteiger partial charge in [-0.25, -0.2) is 0 Å². The van der Waals surface area contributed by atoms with Crippen molar-refractivity contribution in [2.75, 3.05) is 0 Å². The summed E-state index contributed by atoms with van der Waals surface area (Å²) in [5.74, 6) is -0.0205. The Kier molecular flexibility index (Phi) is 3.70. The minimum Gasteiger partial charge on any atom is -0.505 e. The molecule has 21 heavy (non-hydrogen) atoms. The van der Waals surface area contributed by atoms with Crippen LogP contribution in [0.3, 0.4) is 0 Å². The first kappa shape index (κ1) is 14.1. The summed E-state index contributed by atoms with van der Waals surface area (Å²) in [4.78, 5) is 16.4. The highest BCUT2D eigenvalue weighted by Gasteiger charge is 2.21. The van der Waals surface area contributed by atoms with E-state index in [1.54, 1.807) is 12.1 Å². The number of carbonyl (C=O) groups excluding carboxylic acids is 1. The van der Waals surface area contributed by atoms with Crippen LogP contribution in [-0.2, 0) is 0 Å². The number of ketones is 1. The van der Waals surface area contributed by atoms with Crippen LogP contribution in [0, 0.1) is 0 Å². The molecule has 0 aromatic heterocycles. The number of phenolic OH excluding ortho intramolecular Hbond substituents is 1. The quantitative estimate of drug-likeness (QED) is 0.821. The Hall–Kier alpha value is -1.84. The van der Waals surface area contributed by atoms with Crippen LogP contribution >= 0.6 is 23.2 Å². The first-order valence-corrected chi connectivity index (χ1v) is 7.20. The van der Waals surface area contributed by atoms with Gasteiger partial charge >= 0.3 is 0 Å². The maximum absolute atomic E-state index is 11.9. The molecule has 0 aliphatic heterocycles. The van der Waals surface area contributed by atoms with E-state index in [2.05, 4.69) is 4.99 Å². The molecule has 0 saturated heterocycles. The van der Waals surface area contributed by atoms with Gasteiger partial charge in [0, 0.05) is 23.3 Å². The van der Waals surface area contributed by atoms with E-state index in [0.29, 0.717) is 24.1 Å². The van der Waals surface area contributed by atoms with Gasteiger partial charge in [0.25, 0.3) is 0 Å². The number of nitrogens with zero attached hydrogens (tertiary/aromatic N) is 1. The zero-order valence-corrected chi connectivity index (χ0v) is 12.4. The number of halogens is 2. The van der Waals surface area contributed by atoms with Gasteiger partial charge in [-0.2, -0.15) is 0 Å². The van der Waals surface area contributed by atoms with Crippen LogP contribution in [0.25, 0.3) is 0 Å². The fourth-order valence-electron chi connectivity index (χ4n) is 2.37. The lowest BCUT2D eigenvalue weighted by Crippen LogP contribution is -2.17. The van der Waals surface area contributed by atoms with E-state index in [9.17, 15) is 9.90 Å². The Balaban J connectivity index is 2.09. The van der Waals surface area contributed by atoms with Gasteiger partial charge in [-0.1, -0.05) is 47.5 Å². The van der Waals surface area contributed by atoms with Crippen molar-refractivity contribution >= 4 is 40.4 Å². The number of benzene rings is 2. The van der Waals surface area contributed by atoms with Crippen molar-refractivity contribution in [3.05, 3.63) is 57.6 Å². The number of aliphatic imine (C=N–C) groups is 1. The second-order valence-corrected chi connectivity index (χ2v) is 5.60. The lowest BCUT2D eigenvalue weighted by molar-refractivity contribution is 0.0982. The maximum atomic E-state index is 11.9. The average Bonchev–Trinajstić information content (AvgIpc) is 2.48. The number of Topliss-reactive ketones (excluding diaryl/α,β-unsaturated/α-hetero) is 1. The predicted molar refractivity (Wildman–Crippen MR) is 84.3 cm³/mol.